The van der Waals surface area contributed by atoms with Crippen molar-refractivity contribution in [2.45, 2.75) is 12.8 Å². The zero-order chi connectivity index (χ0) is 16.4. The monoisotopic (exact) mass is 366 g/mol. The van der Waals surface area contributed by atoms with E-state index in [9.17, 15) is 14.4 Å². The molecule has 22 heavy (non-hydrogen) atoms. The Labute approximate surface area is 139 Å². The number of carbonyl (C=O) groups is 3. The third-order valence-electron chi connectivity index (χ3n) is 2.85. The van der Waals surface area contributed by atoms with E-state index in [1.165, 1.54) is 0 Å². The van der Waals surface area contributed by atoms with Gasteiger partial charge in [0.05, 0.1) is 21.7 Å². The van der Waals surface area contributed by atoms with Gasteiger partial charge < -0.3 is 14.6 Å². The van der Waals surface area contributed by atoms with Crippen LogP contribution in [0.15, 0.2) is 6.07 Å². The van der Waals surface area contributed by atoms with Gasteiger partial charge in [0.2, 0.25) is 0 Å². The highest BCUT2D eigenvalue weighted by Crippen LogP contribution is 2.40. The molecule has 0 radical (unpaired) electrons. The second kappa shape index (κ2) is 6.73. The fourth-order valence-electron chi connectivity index (χ4n) is 1.55. The van der Waals surface area contributed by atoms with Gasteiger partial charge in [0.25, 0.3) is 0 Å². The van der Waals surface area contributed by atoms with Gasteiger partial charge in [-0.1, -0.05) is 34.8 Å². The van der Waals surface area contributed by atoms with Crippen LogP contribution in [-0.4, -0.2) is 29.6 Å². The lowest BCUT2D eigenvalue weighted by atomic mass is 10.2. The van der Waals surface area contributed by atoms with Crippen molar-refractivity contribution in [1.29, 1.82) is 0 Å². The van der Waals surface area contributed by atoms with Crippen molar-refractivity contribution in [3.05, 3.63) is 26.7 Å². The number of halogens is 3. The van der Waals surface area contributed by atoms with Crippen molar-refractivity contribution in [1.82, 2.24) is 0 Å². The highest BCUT2D eigenvalue weighted by Gasteiger charge is 2.29. The largest absolute Gasteiger partial charge is 0.473 e. The number of carboxylic acids is 1. The van der Waals surface area contributed by atoms with E-state index in [1.54, 1.807) is 0 Å². The predicted octanol–water partition coefficient (Wildman–Crippen LogP) is 3.20. The first-order valence-corrected chi connectivity index (χ1v) is 7.24. The molecule has 0 bridgehead atoms. The molecule has 1 aliphatic carbocycles. The Morgan fingerprint density at radius 1 is 1.18 bits per heavy atom. The van der Waals surface area contributed by atoms with Crippen molar-refractivity contribution >= 4 is 52.7 Å². The number of aliphatic carboxylic acids is 1. The van der Waals surface area contributed by atoms with Gasteiger partial charge in [0.15, 0.2) is 5.75 Å². The molecule has 1 aromatic carbocycles. The van der Waals surface area contributed by atoms with Gasteiger partial charge in [0.1, 0.15) is 5.56 Å². The molecule has 0 amide bonds. The van der Waals surface area contributed by atoms with Crippen LogP contribution in [0, 0.1) is 5.92 Å². The molecule has 9 heteroatoms. The van der Waals surface area contributed by atoms with Crippen LogP contribution in [0.1, 0.15) is 23.2 Å². The quantitative estimate of drug-likeness (QED) is 0.380. The molecule has 0 saturated heterocycles. The van der Waals surface area contributed by atoms with Gasteiger partial charge in [0, 0.05) is 0 Å². The summed E-state index contributed by atoms with van der Waals surface area (Å²) in [6.45, 7) is 0.186. The molecule has 118 valence electrons. The van der Waals surface area contributed by atoms with E-state index < -0.39 is 23.7 Å². The number of hydrogen-bond acceptors (Lipinski definition) is 5. The molecule has 2 rings (SSSR count). The number of carboxylic acid groups (broad SMARTS) is 1. The maximum Gasteiger partial charge on any atom is 0.422 e. The van der Waals surface area contributed by atoms with Gasteiger partial charge in [-0.2, -0.15) is 0 Å². The number of ether oxygens (including phenoxy) is 2. The molecule has 1 N–H and O–H groups in total. The number of rotatable bonds is 4. The van der Waals surface area contributed by atoms with Gasteiger partial charge in [-0.15, -0.1) is 0 Å². The maximum absolute atomic E-state index is 12.1. The fraction of sp³-hybridized carbons (Fsp3) is 0.308. The van der Waals surface area contributed by atoms with Crippen LogP contribution in [0.25, 0.3) is 0 Å². The summed E-state index contributed by atoms with van der Waals surface area (Å²) in [5.41, 5.74) is -0.380. The zero-order valence-electron chi connectivity index (χ0n) is 10.9. The van der Waals surface area contributed by atoms with E-state index in [0.717, 1.165) is 18.9 Å². The van der Waals surface area contributed by atoms with Crippen molar-refractivity contribution < 1.29 is 29.0 Å². The normalized spacial score (nSPS) is 13.6. The van der Waals surface area contributed by atoms with E-state index in [-0.39, 0.29) is 27.2 Å². The first-order valence-electron chi connectivity index (χ1n) is 6.11. The fourth-order valence-corrected chi connectivity index (χ4v) is 2.27. The minimum atomic E-state index is -1.85. The summed E-state index contributed by atoms with van der Waals surface area (Å²) in [6.07, 6.45) is 1.91. The lowest BCUT2D eigenvalue weighted by molar-refractivity contribution is -0.158. The molecule has 0 spiro atoms. The van der Waals surface area contributed by atoms with Crippen LogP contribution in [0.5, 0.6) is 5.75 Å². The topological polar surface area (TPSA) is 89.9 Å². The Morgan fingerprint density at radius 2 is 1.82 bits per heavy atom. The second-order valence-corrected chi connectivity index (χ2v) is 5.79. The predicted molar refractivity (Wildman–Crippen MR) is 77.7 cm³/mol. The summed E-state index contributed by atoms with van der Waals surface area (Å²) in [5, 5.41) is 8.05. The molecular weight excluding hydrogens is 358 g/mol. The maximum atomic E-state index is 12.1. The Hall–Kier alpha value is -1.50. The zero-order valence-corrected chi connectivity index (χ0v) is 13.2. The lowest BCUT2D eigenvalue weighted by Gasteiger charge is -2.13. The van der Waals surface area contributed by atoms with Gasteiger partial charge >= 0.3 is 17.9 Å². The summed E-state index contributed by atoms with van der Waals surface area (Å²) in [7, 11) is 0. The molecule has 0 aliphatic heterocycles. The van der Waals surface area contributed by atoms with Gasteiger partial charge in [-0.05, 0) is 24.8 Å². The van der Waals surface area contributed by atoms with Crippen molar-refractivity contribution in [3.8, 4) is 5.75 Å². The molecule has 1 aromatic rings. The van der Waals surface area contributed by atoms with Crippen molar-refractivity contribution in [2.75, 3.05) is 6.61 Å². The van der Waals surface area contributed by atoms with E-state index in [2.05, 4.69) is 4.74 Å². The van der Waals surface area contributed by atoms with Crippen LogP contribution in [0.3, 0.4) is 0 Å². The molecule has 1 fully saturated rings. The van der Waals surface area contributed by atoms with E-state index in [4.69, 9.17) is 44.6 Å². The third kappa shape index (κ3) is 3.82. The Balaban J connectivity index is 2.36. The average Bonchev–Trinajstić information content (AvgIpc) is 3.26. The summed E-state index contributed by atoms with van der Waals surface area (Å²) in [4.78, 5) is 33.9. The van der Waals surface area contributed by atoms with Crippen molar-refractivity contribution in [3.63, 3.8) is 0 Å². The molecule has 6 nitrogen and oxygen atoms in total. The smallest absolute Gasteiger partial charge is 0.422 e. The molecule has 0 heterocycles. The minimum absolute atomic E-state index is 0.0554. The van der Waals surface area contributed by atoms with Crippen LogP contribution in [-0.2, 0) is 14.3 Å². The van der Waals surface area contributed by atoms with Gasteiger partial charge in [-0.3, -0.25) is 0 Å². The molecule has 0 aromatic heterocycles. The minimum Gasteiger partial charge on any atom is -0.473 e. The van der Waals surface area contributed by atoms with Crippen LogP contribution >= 0.6 is 34.8 Å². The van der Waals surface area contributed by atoms with Crippen LogP contribution in [0.2, 0.25) is 15.1 Å². The number of esters is 2. The molecule has 1 saturated carbocycles. The molecule has 0 atom stereocenters. The molecular formula is C13H9Cl3O6. The average molecular weight is 368 g/mol. The summed E-state index contributed by atoms with van der Waals surface area (Å²) in [6, 6.07) is 1.13. The summed E-state index contributed by atoms with van der Waals surface area (Å²) in [5.74, 6) is -4.56. The van der Waals surface area contributed by atoms with E-state index in [0.29, 0.717) is 5.92 Å². The second-order valence-electron chi connectivity index (χ2n) is 4.59. The third-order valence-corrected chi connectivity index (χ3v) is 3.92. The number of carbonyl (C=O) groups excluding carboxylic acids is 2. The first kappa shape index (κ1) is 16.9. The Bertz CT molecular complexity index is 654. The van der Waals surface area contributed by atoms with E-state index in [1.807, 2.05) is 0 Å². The standard InChI is InChI=1S/C13H9Cl3O6/c14-6-3-7(15)10(22-13(20)11(17)18)8(9(6)16)12(19)21-4-5-1-2-5/h3,5H,1-2,4H2,(H,17,18). The van der Waals surface area contributed by atoms with E-state index >= 15 is 0 Å². The first-order chi connectivity index (χ1) is 10.3. The highest BCUT2D eigenvalue weighted by atomic mass is 35.5. The van der Waals surface area contributed by atoms with Crippen LogP contribution in [0.4, 0.5) is 0 Å². The van der Waals surface area contributed by atoms with Gasteiger partial charge in [-0.25, -0.2) is 14.4 Å². The Kier molecular flexibility index (Phi) is 5.16. The Morgan fingerprint density at radius 3 is 2.36 bits per heavy atom. The summed E-state index contributed by atoms with van der Waals surface area (Å²) >= 11 is 17.6. The lowest BCUT2D eigenvalue weighted by Crippen LogP contribution is -2.21. The van der Waals surface area contributed by atoms with Crippen LogP contribution < -0.4 is 4.74 Å². The van der Waals surface area contributed by atoms with Crippen molar-refractivity contribution in [2.24, 2.45) is 5.92 Å². The number of hydrogen-bond donors (Lipinski definition) is 1. The number of benzene rings is 1. The highest BCUT2D eigenvalue weighted by molar-refractivity contribution is 6.46. The molecule has 1 aliphatic rings. The SMILES string of the molecule is O=C(O)C(=O)Oc1c(Cl)cc(Cl)c(Cl)c1C(=O)OCC1CC1. The molecule has 0 unspecified atom stereocenters. The summed E-state index contributed by atoms with van der Waals surface area (Å²) < 4.78 is 9.65.